The Kier molecular flexibility index (Phi) is 7.27. The van der Waals surface area contributed by atoms with Gasteiger partial charge in [-0.1, -0.05) is 36.1 Å². The molecule has 1 fully saturated rings. The normalized spacial score (nSPS) is 15.4. The fourth-order valence-electron chi connectivity index (χ4n) is 3.27. The molecule has 180 valence electrons. The molecule has 4 rings (SSSR count). The average molecular weight is 515 g/mol. The van der Waals surface area contributed by atoms with Gasteiger partial charge in [0, 0.05) is 30.7 Å². The summed E-state index contributed by atoms with van der Waals surface area (Å²) in [5.74, 6) is -0.165. The van der Waals surface area contributed by atoms with Gasteiger partial charge in [0.25, 0.3) is 17.5 Å². The number of nitro benzene ring substituents is 1. The predicted molar refractivity (Wildman–Crippen MR) is 130 cm³/mol. The lowest BCUT2D eigenvalue weighted by Gasteiger charge is -2.14. The number of hydrogen-bond donors (Lipinski definition) is 2. The predicted octanol–water partition coefficient (Wildman–Crippen LogP) is 2.77. The molecule has 0 aromatic heterocycles. The zero-order valence-electron chi connectivity index (χ0n) is 18.0. The van der Waals surface area contributed by atoms with E-state index in [0.29, 0.717) is 27.1 Å². The van der Waals surface area contributed by atoms with Crippen molar-refractivity contribution in [3.8, 4) is 11.5 Å². The minimum Gasteiger partial charge on any atom is -0.454 e. The van der Waals surface area contributed by atoms with Gasteiger partial charge in [-0.25, -0.2) is 0 Å². The number of hydrogen-bond acceptors (Lipinski definition) is 9. The standard InChI is InChI=1S/C22H18N4O7S2/c27-19(23-24-20(28)14-3-1-4-15(11-14)26(30)31)5-2-8-25-21(29)18(35-22(25)34)10-13-6-7-16-17(9-13)33-12-32-16/h1,3-4,6-7,9-11H,2,5,8,12H2,(H,23,27)(H,24,28). The van der Waals surface area contributed by atoms with Gasteiger partial charge in [-0.2, -0.15) is 0 Å². The molecular weight excluding hydrogens is 496 g/mol. The minimum absolute atomic E-state index is 0.0213. The van der Waals surface area contributed by atoms with E-state index in [4.69, 9.17) is 21.7 Å². The molecule has 0 unspecified atom stereocenters. The molecule has 2 aromatic carbocycles. The molecule has 0 atom stereocenters. The van der Waals surface area contributed by atoms with Crippen molar-refractivity contribution in [3.63, 3.8) is 0 Å². The number of hydrazine groups is 1. The Morgan fingerprint density at radius 3 is 2.77 bits per heavy atom. The SMILES string of the molecule is O=C(CCCN1C(=O)C(=Cc2ccc3c(c2)OCO3)SC1=S)NNC(=O)c1cccc([N+](=O)[O-])c1. The highest BCUT2D eigenvalue weighted by Crippen LogP contribution is 2.36. The van der Waals surface area contributed by atoms with E-state index in [1.54, 1.807) is 18.2 Å². The number of carbonyl (C=O) groups is 3. The quantitative estimate of drug-likeness (QED) is 0.247. The van der Waals surface area contributed by atoms with Gasteiger partial charge in [-0.15, -0.1) is 0 Å². The van der Waals surface area contributed by atoms with Crippen LogP contribution in [0.4, 0.5) is 5.69 Å². The van der Waals surface area contributed by atoms with Crippen molar-refractivity contribution in [1.82, 2.24) is 15.8 Å². The molecule has 1 saturated heterocycles. The number of rotatable bonds is 7. The second kappa shape index (κ2) is 10.5. The van der Waals surface area contributed by atoms with E-state index in [0.717, 1.165) is 11.6 Å². The number of ether oxygens (including phenoxy) is 2. The van der Waals surface area contributed by atoms with Gasteiger partial charge >= 0.3 is 0 Å². The highest BCUT2D eigenvalue weighted by atomic mass is 32.2. The highest BCUT2D eigenvalue weighted by molar-refractivity contribution is 8.26. The molecule has 2 aliphatic heterocycles. The van der Waals surface area contributed by atoms with E-state index in [1.807, 2.05) is 6.07 Å². The molecule has 35 heavy (non-hydrogen) atoms. The van der Waals surface area contributed by atoms with Gasteiger partial charge < -0.3 is 9.47 Å². The third kappa shape index (κ3) is 5.75. The van der Waals surface area contributed by atoms with E-state index in [9.17, 15) is 24.5 Å². The second-order valence-electron chi connectivity index (χ2n) is 7.36. The topological polar surface area (TPSA) is 140 Å². The Morgan fingerprint density at radius 1 is 1.17 bits per heavy atom. The number of fused-ring (bicyclic) bond motifs is 1. The Balaban J connectivity index is 1.25. The van der Waals surface area contributed by atoms with E-state index >= 15 is 0 Å². The van der Waals surface area contributed by atoms with E-state index in [1.165, 1.54) is 34.9 Å². The fourth-order valence-corrected chi connectivity index (χ4v) is 4.58. The Labute approximate surface area is 208 Å². The smallest absolute Gasteiger partial charge is 0.270 e. The largest absolute Gasteiger partial charge is 0.454 e. The van der Waals surface area contributed by atoms with Crippen LogP contribution in [-0.2, 0) is 9.59 Å². The molecule has 0 bridgehead atoms. The summed E-state index contributed by atoms with van der Waals surface area (Å²) >= 11 is 6.49. The maximum Gasteiger partial charge on any atom is 0.270 e. The lowest BCUT2D eigenvalue weighted by Crippen LogP contribution is -2.41. The lowest BCUT2D eigenvalue weighted by atomic mass is 10.2. The molecule has 0 spiro atoms. The Hall–Kier alpha value is -3.97. The summed E-state index contributed by atoms with van der Waals surface area (Å²) < 4.78 is 11.0. The maximum absolute atomic E-state index is 12.8. The number of nitro groups is 1. The molecule has 2 heterocycles. The molecule has 0 radical (unpaired) electrons. The second-order valence-corrected chi connectivity index (χ2v) is 9.04. The fraction of sp³-hybridized carbons (Fsp3) is 0.182. The first-order chi connectivity index (χ1) is 16.8. The van der Waals surface area contributed by atoms with Crippen LogP contribution >= 0.6 is 24.0 Å². The molecule has 0 saturated carbocycles. The van der Waals surface area contributed by atoms with Crippen LogP contribution in [0, 0.1) is 10.1 Å². The van der Waals surface area contributed by atoms with E-state index in [2.05, 4.69) is 10.9 Å². The zero-order chi connectivity index (χ0) is 24.9. The number of carbonyl (C=O) groups excluding carboxylic acids is 3. The number of nitrogens with one attached hydrogen (secondary N) is 2. The molecule has 0 aliphatic carbocycles. The first-order valence-corrected chi connectivity index (χ1v) is 11.5. The van der Waals surface area contributed by atoms with Gasteiger partial charge in [-0.05, 0) is 36.3 Å². The summed E-state index contributed by atoms with van der Waals surface area (Å²) in [6.07, 6.45) is 2.05. The van der Waals surface area contributed by atoms with Gasteiger partial charge in [0.15, 0.2) is 11.5 Å². The van der Waals surface area contributed by atoms with Crippen LogP contribution in [0.2, 0.25) is 0 Å². The van der Waals surface area contributed by atoms with Crippen LogP contribution in [0.25, 0.3) is 6.08 Å². The molecule has 11 nitrogen and oxygen atoms in total. The summed E-state index contributed by atoms with van der Waals surface area (Å²) in [5.41, 5.74) is 5.04. The Bertz CT molecular complexity index is 1260. The van der Waals surface area contributed by atoms with Crippen LogP contribution in [0.1, 0.15) is 28.8 Å². The highest BCUT2D eigenvalue weighted by Gasteiger charge is 2.31. The Morgan fingerprint density at radius 2 is 1.97 bits per heavy atom. The van der Waals surface area contributed by atoms with Crippen molar-refractivity contribution in [1.29, 1.82) is 0 Å². The van der Waals surface area contributed by atoms with Crippen LogP contribution in [0.3, 0.4) is 0 Å². The van der Waals surface area contributed by atoms with Crippen LogP contribution < -0.4 is 20.3 Å². The van der Waals surface area contributed by atoms with Crippen molar-refractivity contribution in [2.75, 3.05) is 13.3 Å². The van der Waals surface area contributed by atoms with Crippen molar-refractivity contribution >= 4 is 57.8 Å². The molecular formula is C22H18N4O7S2. The van der Waals surface area contributed by atoms with Crippen molar-refractivity contribution in [2.45, 2.75) is 12.8 Å². The lowest BCUT2D eigenvalue weighted by molar-refractivity contribution is -0.384. The maximum atomic E-state index is 12.8. The summed E-state index contributed by atoms with van der Waals surface area (Å²) in [4.78, 5) is 49.0. The average Bonchev–Trinajstić information content (AvgIpc) is 3.42. The summed E-state index contributed by atoms with van der Waals surface area (Å²) in [5, 5.41) is 10.8. The summed E-state index contributed by atoms with van der Waals surface area (Å²) in [6, 6.07) is 10.5. The molecule has 3 amide bonds. The van der Waals surface area contributed by atoms with Gasteiger partial charge in [0.2, 0.25) is 12.7 Å². The third-order valence-corrected chi connectivity index (χ3v) is 6.37. The van der Waals surface area contributed by atoms with E-state index < -0.39 is 16.7 Å². The number of nitrogens with zero attached hydrogens (tertiary/aromatic N) is 2. The minimum atomic E-state index is -0.687. The molecule has 2 aromatic rings. The van der Waals surface area contributed by atoms with Gasteiger partial charge in [0.05, 0.1) is 9.83 Å². The van der Waals surface area contributed by atoms with Gasteiger partial charge in [0.1, 0.15) is 4.32 Å². The molecule has 2 aliphatic rings. The number of non-ortho nitro benzene ring substituents is 1. The number of thiocarbonyl (C=S) groups is 1. The van der Waals surface area contributed by atoms with Crippen molar-refractivity contribution in [3.05, 3.63) is 68.6 Å². The van der Waals surface area contributed by atoms with Crippen LogP contribution in [0.5, 0.6) is 11.5 Å². The number of benzene rings is 2. The van der Waals surface area contributed by atoms with Crippen LogP contribution in [0.15, 0.2) is 47.4 Å². The molecule has 2 N–H and O–H groups in total. The number of thioether (sulfide) groups is 1. The van der Waals surface area contributed by atoms with E-state index in [-0.39, 0.29) is 36.9 Å². The molecule has 13 heteroatoms. The van der Waals surface area contributed by atoms with Crippen LogP contribution in [-0.4, -0.2) is 45.2 Å². The monoisotopic (exact) mass is 514 g/mol. The van der Waals surface area contributed by atoms with Gasteiger partial charge in [-0.3, -0.25) is 40.2 Å². The number of amides is 3. The first kappa shape index (κ1) is 24.2. The van der Waals surface area contributed by atoms with Crippen molar-refractivity contribution in [2.24, 2.45) is 0 Å². The first-order valence-electron chi connectivity index (χ1n) is 10.3. The zero-order valence-corrected chi connectivity index (χ0v) is 19.6. The summed E-state index contributed by atoms with van der Waals surface area (Å²) in [6.45, 7) is 0.391. The summed E-state index contributed by atoms with van der Waals surface area (Å²) in [7, 11) is 0. The third-order valence-electron chi connectivity index (χ3n) is 4.99. The van der Waals surface area contributed by atoms with Crippen molar-refractivity contribution < 1.29 is 28.8 Å².